The van der Waals surface area contributed by atoms with Gasteiger partial charge in [0.25, 0.3) is 11.8 Å². The van der Waals surface area contributed by atoms with Crippen molar-refractivity contribution < 1.29 is 9.59 Å². The van der Waals surface area contributed by atoms with Crippen LogP contribution in [0.5, 0.6) is 0 Å². The molecule has 1 saturated carbocycles. The first-order valence-electron chi connectivity index (χ1n) is 9.60. The smallest absolute Gasteiger partial charge is 0.258 e. The molecule has 0 aliphatic heterocycles. The number of benzene rings is 1. The van der Waals surface area contributed by atoms with E-state index in [2.05, 4.69) is 52.8 Å². The number of carbonyl (C=O) groups excluding carboxylic acids is 2. The van der Waals surface area contributed by atoms with Crippen LogP contribution in [0.1, 0.15) is 40.5 Å². The number of aromatic nitrogens is 1. The van der Waals surface area contributed by atoms with E-state index >= 15 is 0 Å². The van der Waals surface area contributed by atoms with Crippen LogP contribution < -0.4 is 16.0 Å². The lowest BCUT2D eigenvalue weighted by molar-refractivity contribution is 0.0913. The number of allylic oxidation sites excluding steroid dienone is 1. The molecule has 1 fully saturated rings. The lowest BCUT2D eigenvalue weighted by Gasteiger charge is -2.18. The average Bonchev–Trinajstić information content (AvgIpc) is 3.53. The van der Waals surface area contributed by atoms with Gasteiger partial charge in [0.05, 0.1) is 16.1 Å². The van der Waals surface area contributed by atoms with E-state index in [0.717, 1.165) is 12.8 Å². The lowest BCUT2D eigenvalue weighted by atomic mass is 10.0. The Bertz CT molecular complexity index is 1110. The standard InChI is InChI=1S/C21H19Br2Cl2N5O2/c1-10(11-4-5-11)28-20(31)13-7-12(24)8-14(22)18(13)21(32)30-17(9-16(23)26)29-19-15(25)3-2-6-27-19/h2-3,6-11,26H,4-5H2,1H3,(H,27,29)(H,28,31)(H,30,32)/b17-9+,26-16?. The zero-order valence-electron chi connectivity index (χ0n) is 16.8. The third-order valence-electron chi connectivity index (χ3n) is 4.75. The number of nitrogens with zero attached hydrogens (tertiary/aromatic N) is 1. The van der Waals surface area contributed by atoms with Gasteiger partial charge in [-0.2, -0.15) is 0 Å². The molecule has 1 aliphatic rings. The monoisotopic (exact) mass is 601 g/mol. The van der Waals surface area contributed by atoms with E-state index in [0.29, 0.717) is 26.3 Å². The third kappa shape index (κ3) is 6.54. The summed E-state index contributed by atoms with van der Waals surface area (Å²) >= 11 is 18.7. The number of nitrogens with one attached hydrogen (secondary N) is 4. The van der Waals surface area contributed by atoms with Crippen molar-refractivity contribution in [2.24, 2.45) is 5.92 Å². The zero-order valence-corrected chi connectivity index (χ0v) is 21.5. The number of hydrogen-bond donors (Lipinski definition) is 4. The topological polar surface area (TPSA) is 107 Å². The fraction of sp³-hybridized carbons (Fsp3) is 0.238. The molecule has 1 unspecified atom stereocenters. The Morgan fingerprint density at radius 1 is 1.28 bits per heavy atom. The van der Waals surface area contributed by atoms with Crippen LogP contribution in [0.25, 0.3) is 0 Å². The van der Waals surface area contributed by atoms with Crippen LogP contribution in [-0.2, 0) is 0 Å². The highest BCUT2D eigenvalue weighted by Gasteiger charge is 2.30. The zero-order chi connectivity index (χ0) is 23.4. The molecule has 168 valence electrons. The molecule has 2 aromatic rings. The predicted molar refractivity (Wildman–Crippen MR) is 134 cm³/mol. The van der Waals surface area contributed by atoms with Gasteiger partial charge in [-0.05, 0) is 81.8 Å². The summed E-state index contributed by atoms with van der Waals surface area (Å²) in [6.45, 7) is 1.94. The molecule has 2 amide bonds. The molecule has 7 nitrogen and oxygen atoms in total. The second-order valence-corrected chi connectivity index (χ2v) is 9.78. The molecule has 0 spiro atoms. The molecular weight excluding hydrogens is 585 g/mol. The number of hydrogen-bond acceptors (Lipinski definition) is 5. The molecule has 1 aromatic carbocycles. The highest BCUT2D eigenvalue weighted by molar-refractivity contribution is 9.18. The van der Waals surface area contributed by atoms with Gasteiger partial charge < -0.3 is 16.0 Å². The highest BCUT2D eigenvalue weighted by atomic mass is 79.9. The van der Waals surface area contributed by atoms with Gasteiger partial charge in [-0.1, -0.05) is 23.2 Å². The largest absolute Gasteiger partial charge is 0.349 e. The summed E-state index contributed by atoms with van der Waals surface area (Å²) in [5, 5.41) is 16.8. The molecule has 1 heterocycles. The van der Waals surface area contributed by atoms with Gasteiger partial charge in [0, 0.05) is 27.8 Å². The van der Waals surface area contributed by atoms with E-state index in [1.165, 1.54) is 24.4 Å². The van der Waals surface area contributed by atoms with Crippen LogP contribution in [0.4, 0.5) is 5.82 Å². The maximum absolute atomic E-state index is 13.2. The number of rotatable bonds is 8. The summed E-state index contributed by atoms with van der Waals surface area (Å²) in [5.41, 5.74) is 0.245. The third-order valence-corrected chi connectivity index (χ3v) is 6.12. The van der Waals surface area contributed by atoms with E-state index in [1.54, 1.807) is 12.1 Å². The summed E-state index contributed by atoms with van der Waals surface area (Å²) < 4.78 is 0.356. The summed E-state index contributed by atoms with van der Waals surface area (Å²) in [6, 6.07) is 6.29. The van der Waals surface area contributed by atoms with E-state index in [1.807, 2.05) is 6.92 Å². The van der Waals surface area contributed by atoms with Crippen molar-refractivity contribution >= 4 is 77.3 Å². The summed E-state index contributed by atoms with van der Waals surface area (Å²) in [4.78, 5) is 30.3. The van der Waals surface area contributed by atoms with Gasteiger partial charge in [-0.25, -0.2) is 4.98 Å². The summed E-state index contributed by atoms with van der Waals surface area (Å²) in [7, 11) is 0. The van der Waals surface area contributed by atoms with Crippen molar-refractivity contribution in [2.45, 2.75) is 25.8 Å². The molecule has 32 heavy (non-hydrogen) atoms. The SMILES string of the molecule is CC(NC(=O)c1cc(Cl)cc(Br)c1C(=O)N/C(=C/C(=N)Br)Nc1ncccc1Cl)C1CC1. The minimum atomic E-state index is -0.586. The van der Waals surface area contributed by atoms with Crippen LogP contribution in [0.2, 0.25) is 10.0 Å². The second kappa shape index (κ2) is 10.8. The lowest BCUT2D eigenvalue weighted by Crippen LogP contribution is -2.36. The molecule has 1 atom stereocenters. The van der Waals surface area contributed by atoms with Crippen LogP contribution in [0.3, 0.4) is 0 Å². The quantitative estimate of drug-likeness (QED) is 0.289. The molecule has 0 saturated heterocycles. The van der Waals surface area contributed by atoms with E-state index in [-0.39, 0.29) is 27.6 Å². The first-order valence-corrected chi connectivity index (χ1v) is 11.9. The minimum absolute atomic E-state index is 0.00116. The van der Waals surface area contributed by atoms with Crippen LogP contribution in [0.15, 0.2) is 46.8 Å². The molecule has 11 heteroatoms. The Labute approximate surface area is 212 Å². The molecule has 4 N–H and O–H groups in total. The van der Waals surface area contributed by atoms with Crippen molar-refractivity contribution in [1.29, 1.82) is 5.41 Å². The highest BCUT2D eigenvalue weighted by Crippen LogP contribution is 2.33. The first kappa shape index (κ1) is 24.7. The minimum Gasteiger partial charge on any atom is -0.349 e. The Balaban J connectivity index is 1.90. The van der Waals surface area contributed by atoms with Gasteiger partial charge in [0.15, 0.2) is 0 Å². The molecule has 0 radical (unpaired) electrons. The van der Waals surface area contributed by atoms with Crippen molar-refractivity contribution in [2.75, 3.05) is 5.32 Å². The number of amides is 2. The Morgan fingerprint density at radius 3 is 2.62 bits per heavy atom. The molecule has 0 bridgehead atoms. The Morgan fingerprint density at radius 2 is 2.00 bits per heavy atom. The van der Waals surface area contributed by atoms with Gasteiger partial charge in [0.2, 0.25) is 0 Å². The van der Waals surface area contributed by atoms with Crippen LogP contribution >= 0.6 is 55.1 Å². The average molecular weight is 604 g/mol. The van der Waals surface area contributed by atoms with Crippen molar-refractivity contribution in [1.82, 2.24) is 15.6 Å². The van der Waals surface area contributed by atoms with Gasteiger partial charge in [-0.3, -0.25) is 15.0 Å². The van der Waals surface area contributed by atoms with Gasteiger partial charge >= 0.3 is 0 Å². The first-order chi connectivity index (χ1) is 15.2. The van der Waals surface area contributed by atoms with Crippen molar-refractivity contribution in [3.05, 3.63) is 68.0 Å². The summed E-state index contributed by atoms with van der Waals surface area (Å²) in [6.07, 6.45) is 5.01. The Hall–Kier alpha value is -1.94. The fourth-order valence-corrected chi connectivity index (χ4v) is 4.39. The van der Waals surface area contributed by atoms with Gasteiger partial charge in [0.1, 0.15) is 16.3 Å². The van der Waals surface area contributed by atoms with Crippen molar-refractivity contribution in [3.63, 3.8) is 0 Å². The maximum Gasteiger partial charge on any atom is 0.258 e. The maximum atomic E-state index is 13.2. The molecular formula is C21H19Br2Cl2N5O2. The number of carbonyl (C=O) groups is 2. The van der Waals surface area contributed by atoms with E-state index in [4.69, 9.17) is 28.6 Å². The molecule has 1 aromatic heterocycles. The normalized spacial score (nSPS) is 14.5. The van der Waals surface area contributed by atoms with Crippen LogP contribution in [-0.4, -0.2) is 27.5 Å². The second-order valence-electron chi connectivity index (χ2n) is 7.23. The van der Waals surface area contributed by atoms with E-state index < -0.39 is 11.8 Å². The molecule has 3 rings (SSSR count). The molecule has 1 aliphatic carbocycles. The van der Waals surface area contributed by atoms with Gasteiger partial charge in [-0.15, -0.1) is 0 Å². The number of halogens is 4. The van der Waals surface area contributed by atoms with Crippen LogP contribution in [0, 0.1) is 11.3 Å². The number of anilines is 1. The Kier molecular flexibility index (Phi) is 8.32. The fourth-order valence-electron chi connectivity index (χ4n) is 3.00. The van der Waals surface area contributed by atoms with Crippen molar-refractivity contribution in [3.8, 4) is 0 Å². The summed E-state index contributed by atoms with van der Waals surface area (Å²) in [5.74, 6) is -0.0990. The van der Waals surface area contributed by atoms with E-state index in [9.17, 15) is 9.59 Å². The number of pyridine rings is 1. The predicted octanol–water partition coefficient (Wildman–Crippen LogP) is 5.73.